The topological polar surface area (TPSA) is 3.24 Å². The third-order valence-electron chi connectivity index (χ3n) is 1.19. The summed E-state index contributed by atoms with van der Waals surface area (Å²) < 4.78 is 23.7. The minimum absolute atomic E-state index is 0.0930. The Bertz CT molecular complexity index is 111. The van der Waals surface area contributed by atoms with Gasteiger partial charge in [-0.05, 0) is 13.2 Å². The lowest BCUT2D eigenvalue weighted by Crippen LogP contribution is -2.39. The van der Waals surface area contributed by atoms with Gasteiger partial charge in [-0.25, -0.2) is 8.78 Å². The molecule has 0 atom stereocenters. The molecular formula is C7H17F2NSi. The molecule has 4 heteroatoms. The molecule has 0 aromatic rings. The van der Waals surface area contributed by atoms with Crippen molar-refractivity contribution >= 4 is 8.07 Å². The fraction of sp³-hybridized carbons (Fsp3) is 1.00. The molecule has 1 nitrogen and oxygen atoms in total. The van der Waals surface area contributed by atoms with Crippen LogP contribution in [0.25, 0.3) is 0 Å². The summed E-state index contributed by atoms with van der Waals surface area (Å²) >= 11 is 0. The van der Waals surface area contributed by atoms with E-state index in [1.54, 1.807) is 11.9 Å². The molecule has 0 saturated heterocycles. The number of hydrogen-bond donors (Lipinski definition) is 0. The second kappa shape index (κ2) is 4.16. The van der Waals surface area contributed by atoms with E-state index in [0.29, 0.717) is 0 Å². The molecule has 0 spiro atoms. The van der Waals surface area contributed by atoms with E-state index in [0.717, 1.165) is 6.17 Å². The molecule has 0 rings (SSSR count). The Morgan fingerprint density at radius 3 is 2.00 bits per heavy atom. The first-order valence-corrected chi connectivity index (χ1v) is 7.49. The highest BCUT2D eigenvalue weighted by Crippen LogP contribution is 2.04. The molecule has 0 heterocycles. The zero-order valence-electron chi connectivity index (χ0n) is 7.69. The fourth-order valence-electron chi connectivity index (χ4n) is 1.11. The first-order chi connectivity index (χ1) is 4.81. The van der Waals surface area contributed by atoms with Crippen LogP contribution in [0.4, 0.5) is 8.78 Å². The highest BCUT2D eigenvalue weighted by molar-refractivity contribution is 6.76. The number of hydrogen-bond acceptors (Lipinski definition) is 1. The SMILES string of the molecule is CN(CC(F)F)C[Si](C)(C)C. The van der Waals surface area contributed by atoms with Crippen molar-refractivity contribution in [2.75, 3.05) is 19.8 Å². The quantitative estimate of drug-likeness (QED) is 0.600. The Labute approximate surface area is 68.4 Å². The van der Waals surface area contributed by atoms with E-state index in [1.807, 2.05) is 0 Å². The van der Waals surface area contributed by atoms with Crippen LogP contribution in [0.1, 0.15) is 0 Å². The van der Waals surface area contributed by atoms with Crippen molar-refractivity contribution in [2.24, 2.45) is 0 Å². The van der Waals surface area contributed by atoms with Crippen LogP contribution in [0.15, 0.2) is 0 Å². The molecule has 0 aliphatic heterocycles. The van der Waals surface area contributed by atoms with Gasteiger partial charge in [0, 0.05) is 0 Å². The maximum absolute atomic E-state index is 11.8. The Morgan fingerprint density at radius 1 is 1.27 bits per heavy atom. The summed E-state index contributed by atoms with van der Waals surface area (Å²) in [5.74, 6) is 0. The second-order valence-electron chi connectivity index (χ2n) is 4.15. The number of halogens is 2. The van der Waals surface area contributed by atoms with Gasteiger partial charge in [0.25, 0.3) is 6.43 Å². The van der Waals surface area contributed by atoms with E-state index in [1.165, 1.54) is 0 Å². The second-order valence-corrected chi connectivity index (χ2v) is 9.59. The van der Waals surface area contributed by atoms with Crippen LogP contribution in [0.5, 0.6) is 0 Å². The molecule has 0 bridgehead atoms. The first-order valence-electron chi connectivity index (χ1n) is 3.78. The van der Waals surface area contributed by atoms with Crippen molar-refractivity contribution < 1.29 is 8.78 Å². The summed E-state index contributed by atoms with van der Waals surface area (Å²) in [5, 5.41) is 0. The van der Waals surface area contributed by atoms with Gasteiger partial charge in [-0.2, -0.15) is 0 Å². The third kappa shape index (κ3) is 7.94. The van der Waals surface area contributed by atoms with Crippen LogP contribution in [-0.2, 0) is 0 Å². The highest BCUT2D eigenvalue weighted by atomic mass is 28.3. The predicted molar refractivity (Wildman–Crippen MR) is 46.8 cm³/mol. The molecule has 0 aromatic carbocycles. The molecule has 0 unspecified atom stereocenters. The van der Waals surface area contributed by atoms with Crippen molar-refractivity contribution in [3.63, 3.8) is 0 Å². The van der Waals surface area contributed by atoms with Crippen molar-refractivity contribution in [1.82, 2.24) is 4.90 Å². The molecule has 0 aliphatic rings. The van der Waals surface area contributed by atoms with Gasteiger partial charge in [0.1, 0.15) is 0 Å². The van der Waals surface area contributed by atoms with E-state index < -0.39 is 14.5 Å². The van der Waals surface area contributed by atoms with Gasteiger partial charge in [-0.1, -0.05) is 19.6 Å². The molecular weight excluding hydrogens is 164 g/mol. The average molecular weight is 181 g/mol. The monoisotopic (exact) mass is 181 g/mol. The lowest BCUT2D eigenvalue weighted by Gasteiger charge is -2.24. The fourth-order valence-corrected chi connectivity index (χ4v) is 2.86. The summed E-state index contributed by atoms with van der Waals surface area (Å²) in [6.45, 7) is 6.43. The Morgan fingerprint density at radius 2 is 1.73 bits per heavy atom. The molecule has 0 fully saturated rings. The van der Waals surface area contributed by atoms with Gasteiger partial charge in [-0.15, -0.1) is 0 Å². The molecule has 0 aromatic heterocycles. The van der Waals surface area contributed by atoms with Crippen LogP contribution < -0.4 is 0 Å². The minimum Gasteiger partial charge on any atom is -0.304 e. The van der Waals surface area contributed by atoms with Crippen molar-refractivity contribution in [3.8, 4) is 0 Å². The zero-order chi connectivity index (χ0) is 9.07. The molecule has 0 aliphatic carbocycles. The Kier molecular flexibility index (Phi) is 4.17. The smallest absolute Gasteiger partial charge is 0.251 e. The molecule has 0 N–H and O–H groups in total. The maximum Gasteiger partial charge on any atom is 0.251 e. The van der Waals surface area contributed by atoms with Crippen LogP contribution in [0.3, 0.4) is 0 Å². The Hall–Kier alpha value is 0.0369. The first kappa shape index (κ1) is 11.0. The third-order valence-corrected chi connectivity index (χ3v) is 2.68. The highest BCUT2D eigenvalue weighted by Gasteiger charge is 2.17. The van der Waals surface area contributed by atoms with Gasteiger partial charge >= 0.3 is 0 Å². The van der Waals surface area contributed by atoms with E-state index in [4.69, 9.17) is 0 Å². The van der Waals surface area contributed by atoms with Gasteiger partial charge in [0.05, 0.1) is 14.6 Å². The summed E-state index contributed by atoms with van der Waals surface area (Å²) in [6, 6.07) is 0. The van der Waals surface area contributed by atoms with Crippen LogP contribution >= 0.6 is 0 Å². The normalized spacial score (nSPS) is 13.1. The summed E-state index contributed by atoms with van der Waals surface area (Å²) in [6.07, 6.45) is -1.35. The largest absolute Gasteiger partial charge is 0.304 e. The van der Waals surface area contributed by atoms with Gasteiger partial charge in [0.15, 0.2) is 0 Å². The molecule has 0 radical (unpaired) electrons. The van der Waals surface area contributed by atoms with Crippen molar-refractivity contribution in [1.29, 1.82) is 0 Å². The number of rotatable bonds is 4. The lowest BCUT2D eigenvalue weighted by atomic mass is 10.6. The average Bonchev–Trinajstić information content (AvgIpc) is 1.53. The summed E-state index contributed by atoms with van der Waals surface area (Å²) in [5.41, 5.74) is 0. The molecule has 68 valence electrons. The number of nitrogens with zero attached hydrogens (tertiary/aromatic N) is 1. The number of alkyl halides is 2. The van der Waals surface area contributed by atoms with Crippen molar-refractivity contribution in [2.45, 2.75) is 26.1 Å². The van der Waals surface area contributed by atoms with E-state index >= 15 is 0 Å². The van der Waals surface area contributed by atoms with E-state index in [2.05, 4.69) is 19.6 Å². The van der Waals surface area contributed by atoms with Crippen LogP contribution in [-0.4, -0.2) is 39.2 Å². The standard InChI is InChI=1S/C7H17F2NSi/c1-10(5-7(8)9)6-11(2,3)4/h7H,5-6H2,1-4H3. The molecule has 0 amide bonds. The van der Waals surface area contributed by atoms with Gasteiger partial charge in [-0.3, -0.25) is 0 Å². The van der Waals surface area contributed by atoms with Gasteiger partial charge in [0.2, 0.25) is 0 Å². The molecule has 11 heavy (non-hydrogen) atoms. The van der Waals surface area contributed by atoms with Crippen LogP contribution in [0, 0.1) is 0 Å². The maximum atomic E-state index is 11.8. The van der Waals surface area contributed by atoms with Crippen LogP contribution in [0.2, 0.25) is 19.6 Å². The summed E-state index contributed by atoms with van der Waals surface area (Å²) in [4.78, 5) is 1.72. The predicted octanol–water partition coefficient (Wildman–Crippen LogP) is 2.06. The minimum atomic E-state index is -2.20. The van der Waals surface area contributed by atoms with Gasteiger partial charge < -0.3 is 4.90 Å². The summed E-state index contributed by atoms with van der Waals surface area (Å²) in [7, 11) is 0.560. The lowest BCUT2D eigenvalue weighted by molar-refractivity contribution is 0.107. The zero-order valence-corrected chi connectivity index (χ0v) is 8.69. The molecule has 0 saturated carbocycles. The Balaban J connectivity index is 3.61. The van der Waals surface area contributed by atoms with E-state index in [9.17, 15) is 8.78 Å². The van der Waals surface area contributed by atoms with Crippen molar-refractivity contribution in [3.05, 3.63) is 0 Å². The van der Waals surface area contributed by atoms with E-state index in [-0.39, 0.29) is 6.54 Å².